The summed E-state index contributed by atoms with van der Waals surface area (Å²) in [5, 5.41) is 3.65. The van der Waals surface area contributed by atoms with Crippen LogP contribution in [-0.2, 0) is 25.3 Å². The van der Waals surface area contributed by atoms with Gasteiger partial charge in [0.15, 0.2) is 0 Å². The standard InChI is InChI=1S/C19H28Cl2N2O4S/c1-14(2)27-11-3-8-22-19(24)16-6-9-23(10-7-16)28(25,26)13-15-4-5-17(20)18(21)12-15/h4-5,12,14,16H,3,6-11,13H2,1-2H3,(H,22,24). The topological polar surface area (TPSA) is 75.7 Å². The molecule has 9 heteroatoms. The SMILES string of the molecule is CC(C)OCCCNC(=O)C1CCN(S(=O)(=O)Cc2ccc(Cl)c(Cl)c2)CC1. The maximum Gasteiger partial charge on any atom is 0.223 e. The third kappa shape index (κ3) is 7.19. The number of carbonyl (C=O) groups excluding carboxylic acids is 1. The Labute approximate surface area is 177 Å². The smallest absolute Gasteiger partial charge is 0.223 e. The molecule has 1 N–H and O–H groups in total. The first-order valence-electron chi connectivity index (χ1n) is 9.50. The number of hydrogen-bond acceptors (Lipinski definition) is 4. The van der Waals surface area contributed by atoms with Crippen LogP contribution < -0.4 is 5.32 Å². The van der Waals surface area contributed by atoms with E-state index in [1.807, 2.05) is 13.8 Å². The largest absolute Gasteiger partial charge is 0.379 e. The molecule has 2 rings (SSSR count). The second-order valence-corrected chi connectivity index (χ2v) is 10.0. The average Bonchev–Trinajstić information content (AvgIpc) is 2.64. The molecule has 1 aliphatic rings. The van der Waals surface area contributed by atoms with Gasteiger partial charge in [0.2, 0.25) is 15.9 Å². The van der Waals surface area contributed by atoms with Crippen LogP contribution in [0.3, 0.4) is 0 Å². The summed E-state index contributed by atoms with van der Waals surface area (Å²) in [6, 6.07) is 4.83. The van der Waals surface area contributed by atoms with E-state index in [1.54, 1.807) is 18.2 Å². The van der Waals surface area contributed by atoms with Gasteiger partial charge in [0, 0.05) is 32.2 Å². The van der Waals surface area contributed by atoms with Crippen molar-refractivity contribution < 1.29 is 17.9 Å². The molecule has 0 atom stereocenters. The number of hydrogen-bond donors (Lipinski definition) is 1. The van der Waals surface area contributed by atoms with Gasteiger partial charge in [-0.2, -0.15) is 0 Å². The Kier molecular flexibility index (Phi) is 9.02. The van der Waals surface area contributed by atoms with Crippen LogP contribution in [0.25, 0.3) is 0 Å². The Morgan fingerprint density at radius 3 is 2.54 bits per heavy atom. The lowest BCUT2D eigenvalue weighted by Crippen LogP contribution is -2.43. The Bertz CT molecular complexity index is 763. The zero-order chi connectivity index (χ0) is 20.7. The fourth-order valence-corrected chi connectivity index (χ4v) is 4.95. The van der Waals surface area contributed by atoms with E-state index in [0.717, 1.165) is 6.42 Å². The summed E-state index contributed by atoms with van der Waals surface area (Å²) in [5.74, 6) is -0.287. The van der Waals surface area contributed by atoms with Crippen LogP contribution in [0.15, 0.2) is 18.2 Å². The number of carbonyl (C=O) groups is 1. The second-order valence-electron chi connectivity index (χ2n) is 7.24. The monoisotopic (exact) mass is 450 g/mol. The van der Waals surface area contributed by atoms with E-state index in [-0.39, 0.29) is 23.7 Å². The molecule has 1 amide bonds. The summed E-state index contributed by atoms with van der Waals surface area (Å²) in [6.45, 7) is 5.82. The van der Waals surface area contributed by atoms with E-state index in [9.17, 15) is 13.2 Å². The van der Waals surface area contributed by atoms with Crippen LogP contribution in [-0.4, -0.2) is 51.0 Å². The number of sulfonamides is 1. The quantitative estimate of drug-likeness (QED) is 0.584. The van der Waals surface area contributed by atoms with E-state index >= 15 is 0 Å². The first-order chi connectivity index (χ1) is 13.2. The molecule has 28 heavy (non-hydrogen) atoms. The highest BCUT2D eigenvalue weighted by Gasteiger charge is 2.31. The lowest BCUT2D eigenvalue weighted by atomic mass is 9.97. The highest BCUT2D eigenvalue weighted by atomic mass is 35.5. The Morgan fingerprint density at radius 1 is 1.25 bits per heavy atom. The Hall–Kier alpha value is -0.860. The molecule has 0 spiro atoms. The van der Waals surface area contributed by atoms with E-state index in [0.29, 0.717) is 54.7 Å². The van der Waals surface area contributed by atoms with Crippen LogP contribution in [0.2, 0.25) is 10.0 Å². The molecule has 0 unspecified atom stereocenters. The Morgan fingerprint density at radius 2 is 1.93 bits per heavy atom. The lowest BCUT2D eigenvalue weighted by Gasteiger charge is -2.30. The van der Waals surface area contributed by atoms with Gasteiger partial charge < -0.3 is 10.1 Å². The van der Waals surface area contributed by atoms with E-state index in [2.05, 4.69) is 5.32 Å². The van der Waals surface area contributed by atoms with Crippen LogP contribution in [0.5, 0.6) is 0 Å². The molecule has 1 heterocycles. The van der Waals surface area contributed by atoms with Crippen molar-refractivity contribution in [3.05, 3.63) is 33.8 Å². The molecule has 6 nitrogen and oxygen atoms in total. The van der Waals surface area contributed by atoms with Crippen molar-refractivity contribution in [2.24, 2.45) is 5.92 Å². The predicted octanol–water partition coefficient (Wildman–Crippen LogP) is 3.47. The number of nitrogens with zero attached hydrogens (tertiary/aromatic N) is 1. The van der Waals surface area contributed by atoms with Crippen LogP contribution in [0, 0.1) is 5.92 Å². The van der Waals surface area contributed by atoms with Crippen molar-refractivity contribution in [2.75, 3.05) is 26.2 Å². The highest BCUT2D eigenvalue weighted by molar-refractivity contribution is 7.88. The average molecular weight is 451 g/mol. The summed E-state index contributed by atoms with van der Waals surface area (Å²) in [5.41, 5.74) is 0.595. The normalized spacial score (nSPS) is 16.5. The number of benzene rings is 1. The Balaban J connectivity index is 1.78. The minimum absolute atomic E-state index is 0.00826. The van der Waals surface area contributed by atoms with Crippen molar-refractivity contribution in [3.63, 3.8) is 0 Å². The lowest BCUT2D eigenvalue weighted by molar-refractivity contribution is -0.126. The summed E-state index contributed by atoms with van der Waals surface area (Å²) < 4.78 is 32.2. The molecule has 1 aromatic rings. The number of amides is 1. The molecule has 1 aliphatic heterocycles. The molecule has 0 saturated carbocycles. The fraction of sp³-hybridized carbons (Fsp3) is 0.632. The van der Waals surface area contributed by atoms with Crippen LogP contribution in [0.4, 0.5) is 0 Å². The number of nitrogens with one attached hydrogen (secondary N) is 1. The van der Waals surface area contributed by atoms with Gasteiger partial charge in [0.25, 0.3) is 0 Å². The predicted molar refractivity (Wildman–Crippen MR) is 112 cm³/mol. The number of rotatable bonds is 9. The van der Waals surface area contributed by atoms with Crippen molar-refractivity contribution in [1.29, 1.82) is 0 Å². The van der Waals surface area contributed by atoms with Crippen molar-refractivity contribution >= 4 is 39.1 Å². The molecule has 1 fully saturated rings. The molecule has 0 aromatic heterocycles. The minimum atomic E-state index is -3.46. The summed E-state index contributed by atoms with van der Waals surface area (Å²) >= 11 is 11.8. The number of ether oxygens (including phenoxy) is 1. The van der Waals surface area contributed by atoms with Gasteiger partial charge in [-0.15, -0.1) is 0 Å². The highest BCUT2D eigenvalue weighted by Crippen LogP contribution is 2.26. The molecule has 0 aliphatic carbocycles. The van der Waals surface area contributed by atoms with Gasteiger partial charge in [-0.3, -0.25) is 4.79 Å². The third-order valence-electron chi connectivity index (χ3n) is 4.62. The zero-order valence-corrected chi connectivity index (χ0v) is 18.6. The van der Waals surface area contributed by atoms with Gasteiger partial charge in [-0.05, 0) is 50.8 Å². The van der Waals surface area contributed by atoms with E-state index in [4.69, 9.17) is 27.9 Å². The molecule has 158 valence electrons. The maximum absolute atomic E-state index is 12.7. The van der Waals surface area contributed by atoms with Gasteiger partial charge in [-0.25, -0.2) is 12.7 Å². The number of piperidine rings is 1. The molecular weight excluding hydrogens is 423 g/mol. The zero-order valence-electron chi connectivity index (χ0n) is 16.3. The molecule has 0 bridgehead atoms. The van der Waals surface area contributed by atoms with Crippen molar-refractivity contribution in [2.45, 2.75) is 45.0 Å². The van der Waals surface area contributed by atoms with Gasteiger partial charge in [0.05, 0.1) is 21.9 Å². The van der Waals surface area contributed by atoms with Crippen LogP contribution >= 0.6 is 23.2 Å². The first-order valence-corrected chi connectivity index (χ1v) is 11.9. The third-order valence-corrected chi connectivity index (χ3v) is 7.21. The summed E-state index contributed by atoms with van der Waals surface area (Å²) in [4.78, 5) is 12.3. The second kappa shape index (κ2) is 10.8. The van der Waals surface area contributed by atoms with Crippen LogP contribution in [0.1, 0.15) is 38.7 Å². The van der Waals surface area contributed by atoms with Crippen molar-refractivity contribution in [1.82, 2.24) is 9.62 Å². The first kappa shape index (κ1) is 23.4. The number of halogens is 2. The fourth-order valence-electron chi connectivity index (χ4n) is 3.07. The van der Waals surface area contributed by atoms with Gasteiger partial charge >= 0.3 is 0 Å². The molecular formula is C19H28Cl2N2O4S. The molecule has 1 saturated heterocycles. The maximum atomic E-state index is 12.7. The molecule has 0 radical (unpaired) electrons. The minimum Gasteiger partial charge on any atom is -0.379 e. The summed E-state index contributed by atoms with van der Waals surface area (Å²) in [6.07, 6.45) is 2.00. The van der Waals surface area contributed by atoms with Gasteiger partial charge in [-0.1, -0.05) is 29.3 Å². The summed E-state index contributed by atoms with van der Waals surface area (Å²) in [7, 11) is -3.46. The van der Waals surface area contributed by atoms with E-state index in [1.165, 1.54) is 4.31 Å². The van der Waals surface area contributed by atoms with Gasteiger partial charge in [0.1, 0.15) is 0 Å². The van der Waals surface area contributed by atoms with Crippen molar-refractivity contribution in [3.8, 4) is 0 Å². The van der Waals surface area contributed by atoms with E-state index < -0.39 is 10.0 Å². The molecule has 1 aromatic carbocycles.